The minimum absolute atomic E-state index is 0.00970. The molecule has 1 N–H and O–H groups in total. The molecule has 1 rings (SSSR count). The number of nitro benzene ring substituents is 1. The van der Waals surface area contributed by atoms with E-state index in [2.05, 4.69) is 5.32 Å². The average molecular weight is 266 g/mol. The fourth-order valence-electron chi connectivity index (χ4n) is 1.38. The SMILES string of the molecule is CC(Nc1ccc([N+](=O)[O-])cc1)C(=O)OC(C)(C)C. The molecule has 6 heteroatoms. The number of carbonyl (C=O) groups is 1. The maximum Gasteiger partial charge on any atom is 0.328 e. The lowest BCUT2D eigenvalue weighted by molar-refractivity contribution is -0.384. The molecule has 1 unspecified atom stereocenters. The number of esters is 1. The zero-order valence-corrected chi connectivity index (χ0v) is 11.5. The van der Waals surface area contributed by atoms with E-state index in [4.69, 9.17) is 4.74 Å². The van der Waals surface area contributed by atoms with Crippen molar-refractivity contribution in [2.45, 2.75) is 39.3 Å². The van der Waals surface area contributed by atoms with Gasteiger partial charge in [0.15, 0.2) is 0 Å². The Morgan fingerprint density at radius 2 is 1.84 bits per heavy atom. The van der Waals surface area contributed by atoms with Crippen molar-refractivity contribution in [3.8, 4) is 0 Å². The van der Waals surface area contributed by atoms with Crippen LogP contribution in [-0.2, 0) is 9.53 Å². The first-order valence-corrected chi connectivity index (χ1v) is 5.93. The van der Waals surface area contributed by atoms with Crippen LogP contribution in [0.5, 0.6) is 0 Å². The second-order valence-electron chi connectivity index (χ2n) is 5.20. The number of nitrogens with one attached hydrogen (secondary N) is 1. The zero-order chi connectivity index (χ0) is 14.6. The monoisotopic (exact) mass is 266 g/mol. The summed E-state index contributed by atoms with van der Waals surface area (Å²) in [5.41, 5.74) is 0.0992. The van der Waals surface area contributed by atoms with E-state index in [0.29, 0.717) is 5.69 Å². The zero-order valence-electron chi connectivity index (χ0n) is 11.5. The molecule has 0 saturated carbocycles. The van der Waals surface area contributed by atoms with Gasteiger partial charge in [0, 0.05) is 17.8 Å². The van der Waals surface area contributed by atoms with Gasteiger partial charge in [0.25, 0.3) is 5.69 Å². The number of hydrogen-bond acceptors (Lipinski definition) is 5. The lowest BCUT2D eigenvalue weighted by atomic mass is 10.2. The Morgan fingerprint density at radius 1 is 1.32 bits per heavy atom. The molecule has 0 aromatic heterocycles. The van der Waals surface area contributed by atoms with Crippen molar-refractivity contribution >= 4 is 17.3 Å². The normalized spacial score (nSPS) is 12.6. The van der Waals surface area contributed by atoms with E-state index in [0.717, 1.165) is 0 Å². The van der Waals surface area contributed by atoms with E-state index in [-0.39, 0.29) is 11.7 Å². The summed E-state index contributed by atoms with van der Waals surface area (Å²) in [6, 6.07) is 5.34. The van der Waals surface area contributed by atoms with Crippen LogP contribution < -0.4 is 5.32 Å². The van der Waals surface area contributed by atoms with Gasteiger partial charge in [-0.1, -0.05) is 0 Å². The van der Waals surface area contributed by atoms with Gasteiger partial charge in [0.2, 0.25) is 0 Å². The minimum atomic E-state index is -0.539. The van der Waals surface area contributed by atoms with Gasteiger partial charge in [0.1, 0.15) is 11.6 Å². The molecule has 0 saturated heterocycles. The fraction of sp³-hybridized carbons (Fsp3) is 0.462. The lowest BCUT2D eigenvalue weighted by Gasteiger charge is -2.23. The predicted octanol–water partition coefficient (Wildman–Crippen LogP) is 2.74. The first kappa shape index (κ1) is 14.9. The summed E-state index contributed by atoms with van der Waals surface area (Å²) in [6.07, 6.45) is 0. The van der Waals surface area contributed by atoms with Gasteiger partial charge in [-0.3, -0.25) is 10.1 Å². The van der Waals surface area contributed by atoms with Gasteiger partial charge < -0.3 is 10.1 Å². The molecule has 0 bridgehead atoms. The fourth-order valence-corrected chi connectivity index (χ4v) is 1.38. The third kappa shape index (κ3) is 4.95. The molecule has 104 valence electrons. The number of non-ortho nitro benzene ring substituents is 1. The Bertz CT molecular complexity index is 463. The molecular weight excluding hydrogens is 248 g/mol. The smallest absolute Gasteiger partial charge is 0.328 e. The second kappa shape index (κ2) is 5.69. The van der Waals surface area contributed by atoms with Crippen molar-refractivity contribution in [3.63, 3.8) is 0 Å². The highest BCUT2D eigenvalue weighted by Gasteiger charge is 2.21. The number of nitrogens with zero attached hydrogens (tertiary/aromatic N) is 1. The van der Waals surface area contributed by atoms with Crippen molar-refractivity contribution in [1.82, 2.24) is 0 Å². The molecular formula is C13H18N2O4. The second-order valence-corrected chi connectivity index (χ2v) is 5.20. The quantitative estimate of drug-likeness (QED) is 0.515. The summed E-state index contributed by atoms with van der Waals surface area (Å²) in [7, 11) is 0. The Kier molecular flexibility index (Phi) is 4.47. The molecule has 0 amide bonds. The molecule has 1 atom stereocenters. The molecule has 1 aromatic carbocycles. The van der Waals surface area contributed by atoms with E-state index in [1.165, 1.54) is 12.1 Å². The largest absolute Gasteiger partial charge is 0.458 e. The predicted molar refractivity (Wildman–Crippen MR) is 72.0 cm³/mol. The summed E-state index contributed by atoms with van der Waals surface area (Å²) in [5.74, 6) is -0.370. The van der Waals surface area contributed by atoms with Crippen LogP contribution in [0.1, 0.15) is 27.7 Å². The standard InChI is InChI=1S/C13H18N2O4/c1-9(12(16)19-13(2,3)4)14-10-5-7-11(8-6-10)15(17)18/h5-9,14H,1-4H3. The van der Waals surface area contributed by atoms with E-state index in [1.807, 2.05) is 0 Å². The van der Waals surface area contributed by atoms with Gasteiger partial charge in [-0.15, -0.1) is 0 Å². The van der Waals surface area contributed by atoms with Gasteiger partial charge in [-0.2, -0.15) is 0 Å². The van der Waals surface area contributed by atoms with E-state index in [9.17, 15) is 14.9 Å². The van der Waals surface area contributed by atoms with Crippen molar-refractivity contribution in [2.24, 2.45) is 0 Å². The van der Waals surface area contributed by atoms with Gasteiger partial charge in [0.05, 0.1) is 4.92 Å². The number of benzene rings is 1. The lowest BCUT2D eigenvalue weighted by Crippen LogP contribution is -2.34. The molecule has 0 heterocycles. The van der Waals surface area contributed by atoms with Crippen LogP contribution in [0.25, 0.3) is 0 Å². The number of ether oxygens (including phenoxy) is 1. The Labute approximate surface area is 111 Å². The number of anilines is 1. The van der Waals surface area contributed by atoms with E-state index >= 15 is 0 Å². The number of carbonyl (C=O) groups excluding carboxylic acids is 1. The Balaban J connectivity index is 2.64. The van der Waals surface area contributed by atoms with Crippen molar-refractivity contribution in [3.05, 3.63) is 34.4 Å². The van der Waals surface area contributed by atoms with Crippen LogP contribution in [0.3, 0.4) is 0 Å². The van der Waals surface area contributed by atoms with Gasteiger partial charge in [-0.05, 0) is 39.8 Å². The van der Waals surface area contributed by atoms with E-state index < -0.39 is 16.6 Å². The van der Waals surface area contributed by atoms with Crippen molar-refractivity contribution in [2.75, 3.05) is 5.32 Å². The summed E-state index contributed by atoms with van der Waals surface area (Å²) in [4.78, 5) is 21.8. The van der Waals surface area contributed by atoms with Crippen molar-refractivity contribution < 1.29 is 14.5 Å². The molecule has 0 aliphatic carbocycles. The molecule has 6 nitrogen and oxygen atoms in total. The highest BCUT2D eigenvalue weighted by molar-refractivity contribution is 5.79. The molecule has 19 heavy (non-hydrogen) atoms. The first-order valence-electron chi connectivity index (χ1n) is 5.93. The highest BCUT2D eigenvalue weighted by Crippen LogP contribution is 2.17. The van der Waals surface area contributed by atoms with Crippen LogP contribution in [0.4, 0.5) is 11.4 Å². The van der Waals surface area contributed by atoms with Gasteiger partial charge >= 0.3 is 5.97 Å². The van der Waals surface area contributed by atoms with Crippen molar-refractivity contribution in [1.29, 1.82) is 0 Å². The molecule has 0 aliphatic rings. The summed E-state index contributed by atoms with van der Waals surface area (Å²) in [6.45, 7) is 7.06. The first-order chi connectivity index (χ1) is 8.69. The number of rotatable bonds is 4. The summed E-state index contributed by atoms with van der Waals surface area (Å²) < 4.78 is 5.22. The van der Waals surface area contributed by atoms with Crippen LogP contribution in [0.15, 0.2) is 24.3 Å². The number of hydrogen-bond donors (Lipinski definition) is 1. The maximum absolute atomic E-state index is 11.7. The third-order valence-corrected chi connectivity index (χ3v) is 2.22. The number of nitro groups is 1. The maximum atomic E-state index is 11.7. The molecule has 0 spiro atoms. The Hall–Kier alpha value is -2.11. The molecule has 0 fully saturated rings. The third-order valence-electron chi connectivity index (χ3n) is 2.22. The Morgan fingerprint density at radius 3 is 2.26 bits per heavy atom. The van der Waals surface area contributed by atoms with Crippen LogP contribution >= 0.6 is 0 Å². The summed E-state index contributed by atoms with van der Waals surface area (Å²) in [5, 5.41) is 13.4. The molecule has 0 aliphatic heterocycles. The minimum Gasteiger partial charge on any atom is -0.458 e. The molecule has 1 aromatic rings. The average Bonchev–Trinajstić information content (AvgIpc) is 2.27. The topological polar surface area (TPSA) is 81.5 Å². The van der Waals surface area contributed by atoms with Gasteiger partial charge in [-0.25, -0.2) is 4.79 Å². The van der Waals surface area contributed by atoms with Crippen LogP contribution in [0, 0.1) is 10.1 Å². The van der Waals surface area contributed by atoms with Crippen LogP contribution in [-0.4, -0.2) is 22.5 Å². The van der Waals surface area contributed by atoms with E-state index in [1.54, 1.807) is 39.8 Å². The highest BCUT2D eigenvalue weighted by atomic mass is 16.6. The van der Waals surface area contributed by atoms with Crippen LogP contribution in [0.2, 0.25) is 0 Å². The molecule has 0 radical (unpaired) electrons. The summed E-state index contributed by atoms with van der Waals surface area (Å²) >= 11 is 0.